The third-order valence-electron chi connectivity index (χ3n) is 4.14. The third-order valence-corrected chi connectivity index (χ3v) is 4.14. The molecule has 3 rings (SSSR count). The number of carbonyl (C=O) groups is 2. The summed E-state index contributed by atoms with van der Waals surface area (Å²) in [5.41, 5.74) is -0.296. The van der Waals surface area contributed by atoms with Crippen LogP contribution in [0.5, 0.6) is 0 Å². The van der Waals surface area contributed by atoms with Crippen LogP contribution < -0.4 is 10.6 Å². The molecule has 0 aromatic rings. The van der Waals surface area contributed by atoms with Gasteiger partial charge in [-0.25, -0.2) is 9.59 Å². The van der Waals surface area contributed by atoms with E-state index in [1.807, 2.05) is 0 Å². The number of nitrogens with one attached hydrogen (secondary N) is 2. The fraction of sp³-hybridized carbons (Fsp3) is 0.833. The van der Waals surface area contributed by atoms with E-state index in [9.17, 15) is 9.59 Å². The molecule has 0 saturated carbocycles. The van der Waals surface area contributed by atoms with Crippen molar-refractivity contribution >= 4 is 12.1 Å². The van der Waals surface area contributed by atoms with Crippen molar-refractivity contribution in [3.05, 3.63) is 0 Å². The Morgan fingerprint density at radius 1 is 1.11 bits per heavy atom. The summed E-state index contributed by atoms with van der Waals surface area (Å²) in [6.45, 7) is 5.00. The summed E-state index contributed by atoms with van der Waals surface area (Å²) in [7, 11) is 0. The highest BCUT2D eigenvalue weighted by atomic mass is 16.6. The van der Waals surface area contributed by atoms with Crippen LogP contribution in [0.2, 0.25) is 0 Å². The molecule has 3 aliphatic rings. The minimum atomic E-state index is -0.296. The lowest BCUT2D eigenvalue weighted by Gasteiger charge is -2.31. The van der Waals surface area contributed by atoms with Gasteiger partial charge in [0.05, 0.1) is 6.54 Å². The maximum absolute atomic E-state index is 11.9. The monoisotopic (exact) mass is 268 g/mol. The summed E-state index contributed by atoms with van der Waals surface area (Å²) in [6.07, 6.45) is 1.51. The second-order valence-electron chi connectivity index (χ2n) is 5.44. The number of urea groups is 1. The van der Waals surface area contributed by atoms with E-state index in [0.717, 1.165) is 32.5 Å². The van der Waals surface area contributed by atoms with Crippen molar-refractivity contribution in [1.29, 1.82) is 0 Å². The van der Waals surface area contributed by atoms with Crippen molar-refractivity contribution in [2.75, 3.05) is 45.8 Å². The lowest BCUT2D eigenvalue weighted by atomic mass is 9.92. The van der Waals surface area contributed by atoms with E-state index in [-0.39, 0.29) is 17.7 Å². The quantitative estimate of drug-likeness (QED) is 0.729. The van der Waals surface area contributed by atoms with Crippen LogP contribution in [0.3, 0.4) is 0 Å². The van der Waals surface area contributed by atoms with Crippen molar-refractivity contribution in [2.24, 2.45) is 0 Å². The van der Waals surface area contributed by atoms with Gasteiger partial charge < -0.3 is 25.2 Å². The Morgan fingerprint density at radius 3 is 2.53 bits per heavy atom. The lowest BCUT2D eigenvalue weighted by Crippen LogP contribution is -2.45. The maximum Gasteiger partial charge on any atom is 0.410 e. The van der Waals surface area contributed by atoms with E-state index in [4.69, 9.17) is 4.74 Å². The number of carbonyl (C=O) groups excluding carboxylic acids is 2. The Hall–Kier alpha value is -1.50. The van der Waals surface area contributed by atoms with E-state index in [1.54, 1.807) is 9.80 Å². The molecular weight excluding hydrogens is 248 g/mol. The molecule has 0 unspecified atom stereocenters. The van der Waals surface area contributed by atoms with Crippen LogP contribution >= 0.6 is 0 Å². The highest BCUT2D eigenvalue weighted by Crippen LogP contribution is 2.30. The zero-order valence-electron chi connectivity index (χ0n) is 11.0. The molecule has 7 heteroatoms. The molecule has 106 valence electrons. The van der Waals surface area contributed by atoms with Gasteiger partial charge in [0, 0.05) is 39.0 Å². The van der Waals surface area contributed by atoms with Crippen molar-refractivity contribution < 1.29 is 14.3 Å². The summed E-state index contributed by atoms with van der Waals surface area (Å²) in [4.78, 5) is 26.8. The summed E-state index contributed by atoms with van der Waals surface area (Å²) in [5, 5.41) is 6.03. The molecule has 3 amide bonds. The molecule has 0 bridgehead atoms. The van der Waals surface area contributed by atoms with Crippen molar-refractivity contribution in [3.8, 4) is 0 Å². The van der Waals surface area contributed by atoms with Gasteiger partial charge in [-0.15, -0.1) is 0 Å². The van der Waals surface area contributed by atoms with Crippen LogP contribution in [0.15, 0.2) is 0 Å². The van der Waals surface area contributed by atoms with Gasteiger partial charge in [0.15, 0.2) is 0 Å². The second-order valence-corrected chi connectivity index (χ2v) is 5.44. The minimum absolute atomic E-state index is 0.0378. The van der Waals surface area contributed by atoms with E-state index >= 15 is 0 Å². The first-order valence-corrected chi connectivity index (χ1v) is 6.90. The molecule has 3 heterocycles. The van der Waals surface area contributed by atoms with Gasteiger partial charge in [-0.1, -0.05) is 0 Å². The van der Waals surface area contributed by atoms with Gasteiger partial charge in [0.2, 0.25) is 0 Å². The summed E-state index contributed by atoms with van der Waals surface area (Å²) < 4.78 is 5.57. The highest BCUT2D eigenvalue weighted by Gasteiger charge is 2.45. The van der Waals surface area contributed by atoms with Crippen LogP contribution in [0.25, 0.3) is 0 Å². The third kappa shape index (κ3) is 2.47. The van der Waals surface area contributed by atoms with Gasteiger partial charge in [-0.05, 0) is 13.1 Å². The number of hydrogen-bond acceptors (Lipinski definition) is 4. The van der Waals surface area contributed by atoms with Crippen LogP contribution in [0, 0.1) is 0 Å². The first kappa shape index (κ1) is 12.5. The highest BCUT2D eigenvalue weighted by molar-refractivity contribution is 5.76. The maximum atomic E-state index is 11.9. The fourth-order valence-electron chi connectivity index (χ4n) is 2.97. The molecule has 0 radical (unpaired) electrons. The number of ether oxygens (including phenoxy) is 1. The van der Waals surface area contributed by atoms with E-state index < -0.39 is 0 Å². The Labute approximate surface area is 112 Å². The average molecular weight is 268 g/mol. The molecule has 3 fully saturated rings. The number of amides is 3. The molecule has 0 atom stereocenters. The van der Waals surface area contributed by atoms with Gasteiger partial charge in [-0.3, -0.25) is 0 Å². The molecule has 2 N–H and O–H groups in total. The van der Waals surface area contributed by atoms with Crippen LogP contribution in [-0.2, 0) is 4.74 Å². The van der Waals surface area contributed by atoms with Crippen molar-refractivity contribution in [2.45, 2.75) is 18.4 Å². The molecule has 3 aliphatic heterocycles. The van der Waals surface area contributed by atoms with E-state index in [1.165, 1.54) is 0 Å². The number of nitrogens with zero attached hydrogens (tertiary/aromatic N) is 2. The molecule has 0 aromatic heterocycles. The molecule has 1 spiro atoms. The van der Waals surface area contributed by atoms with Crippen molar-refractivity contribution in [1.82, 2.24) is 20.4 Å². The zero-order chi connectivity index (χ0) is 13.3. The van der Waals surface area contributed by atoms with Gasteiger partial charge in [-0.2, -0.15) is 0 Å². The van der Waals surface area contributed by atoms with E-state index in [2.05, 4.69) is 10.6 Å². The number of rotatable bonds is 3. The summed E-state index contributed by atoms with van der Waals surface area (Å²) >= 11 is 0. The first-order valence-electron chi connectivity index (χ1n) is 6.90. The number of hydrogen-bond donors (Lipinski definition) is 2. The van der Waals surface area contributed by atoms with Gasteiger partial charge >= 0.3 is 12.1 Å². The summed E-state index contributed by atoms with van der Waals surface area (Å²) in [6, 6.07) is -0.0378. The summed E-state index contributed by atoms with van der Waals surface area (Å²) in [5.74, 6) is 0. The molecule has 7 nitrogen and oxygen atoms in total. The molecule has 0 aliphatic carbocycles. The van der Waals surface area contributed by atoms with Crippen LogP contribution in [-0.4, -0.2) is 73.3 Å². The molecule has 0 aromatic carbocycles. The second kappa shape index (κ2) is 4.88. The minimum Gasteiger partial charge on any atom is -0.441 e. The molecule has 19 heavy (non-hydrogen) atoms. The van der Waals surface area contributed by atoms with Crippen molar-refractivity contribution in [3.63, 3.8) is 0 Å². The van der Waals surface area contributed by atoms with Gasteiger partial charge in [0.1, 0.15) is 5.60 Å². The Balaban J connectivity index is 1.54. The largest absolute Gasteiger partial charge is 0.441 e. The Morgan fingerprint density at radius 2 is 1.84 bits per heavy atom. The van der Waals surface area contributed by atoms with Gasteiger partial charge in [0.25, 0.3) is 0 Å². The van der Waals surface area contributed by atoms with E-state index in [0.29, 0.717) is 26.2 Å². The predicted octanol–water partition coefficient (Wildman–Crippen LogP) is -0.414. The lowest BCUT2D eigenvalue weighted by molar-refractivity contribution is 0.0316. The Kier molecular flexibility index (Phi) is 3.22. The smallest absolute Gasteiger partial charge is 0.410 e. The van der Waals surface area contributed by atoms with Crippen LogP contribution in [0.4, 0.5) is 9.59 Å². The number of piperidine rings is 1. The first-order chi connectivity index (χ1) is 9.19. The van der Waals surface area contributed by atoms with Crippen LogP contribution in [0.1, 0.15) is 12.8 Å². The molecule has 3 saturated heterocycles. The SMILES string of the molecule is O=C1NCCN1CCN1CC2(CCNCC2)OC1=O. The zero-order valence-corrected chi connectivity index (χ0v) is 11.0. The Bertz CT molecular complexity index is 381. The normalized spacial score (nSPS) is 25.9. The predicted molar refractivity (Wildman–Crippen MR) is 67.9 cm³/mol. The average Bonchev–Trinajstić information content (AvgIpc) is 2.93. The fourth-order valence-corrected chi connectivity index (χ4v) is 2.97. The molecular formula is C12H20N4O3. The topological polar surface area (TPSA) is 73.9 Å². The standard InChI is InChI=1S/C12H20N4O3/c17-10-14-5-6-15(10)7-8-16-9-12(19-11(16)18)1-3-13-4-2-12/h13H,1-9H2,(H,14,17).